The molecule has 0 radical (unpaired) electrons. The molecular formula is C21H22N2O5. The smallest absolute Gasteiger partial charge is 0.255 e. The van der Waals surface area contributed by atoms with Gasteiger partial charge in [-0.15, -0.1) is 0 Å². The Bertz CT molecular complexity index is 1040. The first-order valence-corrected chi connectivity index (χ1v) is 9.14. The highest BCUT2D eigenvalue weighted by atomic mass is 16.3. The molecule has 0 saturated heterocycles. The maximum atomic E-state index is 12.7. The molecule has 0 unspecified atom stereocenters. The van der Waals surface area contributed by atoms with Crippen LogP contribution in [0.3, 0.4) is 0 Å². The first-order chi connectivity index (χ1) is 13.4. The number of benzene rings is 2. The van der Waals surface area contributed by atoms with Crippen molar-refractivity contribution in [3.8, 4) is 22.8 Å². The molecule has 0 spiro atoms. The molecule has 1 aliphatic carbocycles. The lowest BCUT2D eigenvalue weighted by Crippen LogP contribution is -2.28. The van der Waals surface area contributed by atoms with Crippen molar-refractivity contribution in [1.82, 2.24) is 10.6 Å². The standard InChI is InChI=1S/C21H22N2O5/c1-22-20(26)18-17-14(10-23-11-21(27)8-9-21)15(25)6-7-16(17)28-19(18)12-2-4-13(24)5-3-12/h2-7,23-25,27H,8-11H2,1H3,(H,22,26). The van der Waals surface area contributed by atoms with Gasteiger partial charge in [-0.05, 0) is 49.2 Å². The van der Waals surface area contributed by atoms with E-state index in [1.807, 2.05) is 0 Å². The fraction of sp³-hybridized carbons (Fsp3) is 0.286. The van der Waals surface area contributed by atoms with Gasteiger partial charge in [-0.1, -0.05) is 0 Å². The zero-order valence-corrected chi connectivity index (χ0v) is 15.5. The molecule has 1 amide bonds. The minimum Gasteiger partial charge on any atom is -0.508 e. The summed E-state index contributed by atoms with van der Waals surface area (Å²) in [6.07, 6.45) is 1.52. The number of furan rings is 1. The van der Waals surface area contributed by atoms with E-state index in [0.29, 0.717) is 40.0 Å². The number of nitrogens with one attached hydrogen (secondary N) is 2. The van der Waals surface area contributed by atoms with E-state index in [4.69, 9.17) is 4.42 Å². The van der Waals surface area contributed by atoms with Crippen LogP contribution in [0.15, 0.2) is 40.8 Å². The average Bonchev–Trinajstić information content (AvgIpc) is 3.29. The lowest BCUT2D eigenvalue weighted by Gasteiger charge is -2.12. The lowest BCUT2D eigenvalue weighted by molar-refractivity contribution is 0.0964. The van der Waals surface area contributed by atoms with Crippen molar-refractivity contribution >= 4 is 16.9 Å². The van der Waals surface area contributed by atoms with E-state index < -0.39 is 5.60 Å². The zero-order chi connectivity index (χ0) is 19.9. The third-order valence-electron chi connectivity index (χ3n) is 5.11. The van der Waals surface area contributed by atoms with Crippen molar-refractivity contribution in [3.63, 3.8) is 0 Å². The van der Waals surface area contributed by atoms with E-state index in [1.165, 1.54) is 25.2 Å². The number of hydrogen-bond donors (Lipinski definition) is 5. The summed E-state index contributed by atoms with van der Waals surface area (Å²) in [4.78, 5) is 12.7. The van der Waals surface area contributed by atoms with Crippen LogP contribution in [0.1, 0.15) is 28.8 Å². The number of carbonyl (C=O) groups is 1. The number of phenolic OH excluding ortho intramolecular Hbond substituents is 2. The Labute approximate surface area is 161 Å². The summed E-state index contributed by atoms with van der Waals surface area (Å²) in [6, 6.07) is 9.53. The summed E-state index contributed by atoms with van der Waals surface area (Å²) in [5.41, 5.74) is 1.30. The molecule has 1 saturated carbocycles. The molecular weight excluding hydrogens is 360 g/mol. The number of hydrogen-bond acceptors (Lipinski definition) is 6. The molecule has 0 aliphatic heterocycles. The summed E-state index contributed by atoms with van der Waals surface area (Å²) >= 11 is 0. The zero-order valence-electron chi connectivity index (χ0n) is 15.5. The van der Waals surface area contributed by atoms with Crippen molar-refractivity contribution < 1.29 is 24.5 Å². The van der Waals surface area contributed by atoms with Crippen LogP contribution in [-0.2, 0) is 6.54 Å². The number of amides is 1. The van der Waals surface area contributed by atoms with Gasteiger partial charge < -0.3 is 30.4 Å². The Morgan fingerprint density at radius 3 is 2.50 bits per heavy atom. The monoisotopic (exact) mass is 382 g/mol. The number of phenols is 2. The molecule has 3 aromatic rings. The van der Waals surface area contributed by atoms with Crippen LogP contribution >= 0.6 is 0 Å². The van der Waals surface area contributed by atoms with E-state index >= 15 is 0 Å². The van der Waals surface area contributed by atoms with Gasteiger partial charge in [-0.3, -0.25) is 4.79 Å². The molecule has 5 N–H and O–H groups in total. The molecule has 1 fully saturated rings. The van der Waals surface area contributed by atoms with Gasteiger partial charge in [-0.25, -0.2) is 0 Å². The largest absolute Gasteiger partial charge is 0.508 e. The molecule has 1 aromatic heterocycles. The van der Waals surface area contributed by atoms with Crippen LogP contribution in [0.4, 0.5) is 0 Å². The van der Waals surface area contributed by atoms with E-state index in [2.05, 4.69) is 10.6 Å². The van der Waals surface area contributed by atoms with Crippen molar-refractivity contribution in [2.24, 2.45) is 0 Å². The molecule has 1 aliphatic rings. The van der Waals surface area contributed by atoms with Crippen LogP contribution in [0.2, 0.25) is 0 Å². The van der Waals surface area contributed by atoms with E-state index in [0.717, 1.165) is 12.8 Å². The topological polar surface area (TPSA) is 115 Å². The second-order valence-corrected chi connectivity index (χ2v) is 7.20. The Kier molecular flexibility index (Phi) is 4.49. The summed E-state index contributed by atoms with van der Waals surface area (Å²) in [5, 5.41) is 36.3. The van der Waals surface area contributed by atoms with Gasteiger partial charge in [0.15, 0.2) is 0 Å². The van der Waals surface area contributed by atoms with Gasteiger partial charge in [0, 0.05) is 36.7 Å². The fourth-order valence-corrected chi connectivity index (χ4v) is 3.33. The lowest BCUT2D eigenvalue weighted by atomic mass is 10.00. The number of carbonyl (C=O) groups excluding carboxylic acids is 1. The minimum absolute atomic E-state index is 0.0472. The van der Waals surface area contributed by atoms with Crippen LogP contribution in [0.5, 0.6) is 11.5 Å². The summed E-state index contributed by atoms with van der Waals surface area (Å²) in [5.74, 6) is 0.185. The average molecular weight is 382 g/mol. The number of aromatic hydroxyl groups is 2. The van der Waals surface area contributed by atoms with Gasteiger partial charge in [0.25, 0.3) is 5.91 Å². The molecule has 146 valence electrons. The van der Waals surface area contributed by atoms with Gasteiger partial charge >= 0.3 is 0 Å². The second kappa shape index (κ2) is 6.85. The summed E-state index contributed by atoms with van der Waals surface area (Å²) in [6.45, 7) is 0.699. The van der Waals surface area contributed by atoms with Crippen LogP contribution < -0.4 is 10.6 Å². The van der Waals surface area contributed by atoms with Crippen LogP contribution in [-0.4, -0.2) is 40.4 Å². The Hall–Kier alpha value is -3.03. The van der Waals surface area contributed by atoms with E-state index in [9.17, 15) is 20.1 Å². The number of fused-ring (bicyclic) bond motifs is 1. The first-order valence-electron chi connectivity index (χ1n) is 9.14. The molecule has 7 heteroatoms. The maximum Gasteiger partial charge on any atom is 0.255 e. The third-order valence-corrected chi connectivity index (χ3v) is 5.11. The van der Waals surface area contributed by atoms with Crippen molar-refractivity contribution in [3.05, 3.63) is 47.5 Å². The first kappa shape index (κ1) is 18.3. The molecule has 28 heavy (non-hydrogen) atoms. The van der Waals surface area contributed by atoms with Crippen molar-refractivity contribution in [1.29, 1.82) is 0 Å². The van der Waals surface area contributed by atoms with Gasteiger partial charge in [0.1, 0.15) is 22.8 Å². The van der Waals surface area contributed by atoms with Crippen molar-refractivity contribution in [2.75, 3.05) is 13.6 Å². The molecule has 4 rings (SSSR count). The molecule has 0 bridgehead atoms. The van der Waals surface area contributed by atoms with Crippen LogP contribution in [0.25, 0.3) is 22.3 Å². The second-order valence-electron chi connectivity index (χ2n) is 7.20. The highest BCUT2D eigenvalue weighted by Crippen LogP contribution is 2.39. The Morgan fingerprint density at radius 2 is 1.86 bits per heavy atom. The predicted molar refractivity (Wildman–Crippen MR) is 104 cm³/mol. The van der Waals surface area contributed by atoms with Gasteiger partial charge in [0.05, 0.1) is 11.2 Å². The minimum atomic E-state index is -0.666. The predicted octanol–water partition coefficient (Wildman–Crippen LogP) is 2.49. The normalized spacial score (nSPS) is 14.9. The van der Waals surface area contributed by atoms with E-state index in [-0.39, 0.29) is 24.0 Å². The van der Waals surface area contributed by atoms with Gasteiger partial charge in [0.2, 0.25) is 0 Å². The summed E-state index contributed by atoms with van der Waals surface area (Å²) in [7, 11) is 1.53. The third kappa shape index (κ3) is 3.30. The number of aliphatic hydroxyl groups is 1. The quantitative estimate of drug-likeness (QED) is 0.447. The summed E-state index contributed by atoms with van der Waals surface area (Å²) < 4.78 is 5.97. The maximum absolute atomic E-state index is 12.7. The molecule has 2 aromatic carbocycles. The highest BCUT2D eigenvalue weighted by molar-refractivity contribution is 6.12. The number of rotatable bonds is 6. The molecule has 1 heterocycles. The molecule has 7 nitrogen and oxygen atoms in total. The highest BCUT2D eigenvalue weighted by Gasteiger charge is 2.39. The fourth-order valence-electron chi connectivity index (χ4n) is 3.33. The van der Waals surface area contributed by atoms with Crippen molar-refractivity contribution in [2.45, 2.75) is 25.0 Å². The SMILES string of the molecule is CNC(=O)c1c(-c2ccc(O)cc2)oc2ccc(O)c(CNCC3(O)CC3)c12. The Balaban J connectivity index is 1.83. The van der Waals surface area contributed by atoms with Gasteiger partial charge in [-0.2, -0.15) is 0 Å². The van der Waals surface area contributed by atoms with E-state index in [1.54, 1.807) is 18.2 Å². The molecule has 0 atom stereocenters. The Morgan fingerprint density at radius 1 is 1.14 bits per heavy atom. The van der Waals surface area contributed by atoms with Crippen LogP contribution in [0, 0.1) is 0 Å².